The van der Waals surface area contributed by atoms with Crippen LogP contribution in [0.5, 0.6) is 5.75 Å². The highest BCUT2D eigenvalue weighted by Gasteiger charge is 2.35. The molecule has 3 heterocycles. The number of fused-ring (bicyclic) bond motifs is 3. The summed E-state index contributed by atoms with van der Waals surface area (Å²) in [6, 6.07) is 3.35. The Hall–Kier alpha value is -2.38. The normalized spacial score (nSPS) is 15.2. The molecular weight excluding hydrogens is 420 g/mol. The Balaban J connectivity index is 2.09. The summed E-state index contributed by atoms with van der Waals surface area (Å²) in [6.45, 7) is 9.36. The van der Waals surface area contributed by atoms with Crippen molar-refractivity contribution in [2.75, 3.05) is 26.9 Å². The van der Waals surface area contributed by atoms with E-state index in [2.05, 4.69) is 25.8 Å². The zero-order valence-electron chi connectivity index (χ0n) is 18.7. The molecule has 8 heteroatoms. The van der Waals surface area contributed by atoms with Gasteiger partial charge in [-0.1, -0.05) is 32.4 Å². The van der Waals surface area contributed by atoms with Crippen LogP contribution in [0.3, 0.4) is 0 Å². The lowest BCUT2D eigenvalue weighted by Gasteiger charge is -2.38. The van der Waals surface area contributed by atoms with E-state index in [0.717, 1.165) is 12.0 Å². The van der Waals surface area contributed by atoms with Gasteiger partial charge in [-0.2, -0.15) is 0 Å². The molecule has 1 atom stereocenters. The summed E-state index contributed by atoms with van der Waals surface area (Å²) in [5.74, 6) is -0.102. The first-order valence-corrected chi connectivity index (χ1v) is 10.8. The molecular formula is C23H29ClN2O5. The first-order chi connectivity index (χ1) is 14.7. The van der Waals surface area contributed by atoms with E-state index in [4.69, 9.17) is 25.8 Å². The molecule has 0 radical (unpaired) electrons. The van der Waals surface area contributed by atoms with Gasteiger partial charge in [-0.3, -0.25) is 4.79 Å². The largest absolute Gasteiger partial charge is 0.490 e. The highest BCUT2D eigenvalue weighted by Crippen LogP contribution is 2.43. The van der Waals surface area contributed by atoms with E-state index in [-0.39, 0.29) is 28.8 Å². The van der Waals surface area contributed by atoms with Crippen LogP contribution in [0.1, 0.15) is 56.1 Å². The van der Waals surface area contributed by atoms with Crippen LogP contribution in [0.25, 0.3) is 11.4 Å². The van der Waals surface area contributed by atoms with Crippen LogP contribution < -0.4 is 10.2 Å². The topological polar surface area (TPSA) is 79.7 Å². The van der Waals surface area contributed by atoms with E-state index >= 15 is 0 Å². The van der Waals surface area contributed by atoms with Crippen LogP contribution in [0.2, 0.25) is 5.15 Å². The predicted molar refractivity (Wildman–Crippen MR) is 119 cm³/mol. The lowest BCUT2D eigenvalue weighted by molar-refractivity contribution is 0.0523. The van der Waals surface area contributed by atoms with Crippen molar-refractivity contribution in [3.8, 4) is 17.1 Å². The summed E-state index contributed by atoms with van der Waals surface area (Å²) in [7, 11) is 1.65. The molecule has 0 N–H and O–H groups in total. The standard InChI is InChI=1S/C23H29ClN2O5/c1-6-30-22(28)15-13-26-16(12-17(15)27)20-14(11-19(26)23(2,3)4)10-18(21(24)25-20)31-9-7-8-29-5/h10,12-13,19H,6-9,11H2,1-5H3/t19-/m0/s1. The minimum Gasteiger partial charge on any atom is -0.490 e. The Labute approximate surface area is 187 Å². The zero-order valence-corrected chi connectivity index (χ0v) is 19.4. The number of carbonyl (C=O) groups excluding carboxylic acids is 1. The van der Waals surface area contributed by atoms with Gasteiger partial charge in [0, 0.05) is 38.4 Å². The number of hydrogen-bond donors (Lipinski definition) is 0. The Bertz CT molecular complexity index is 1030. The molecule has 0 amide bonds. The fourth-order valence-corrected chi connectivity index (χ4v) is 3.96. The molecule has 0 spiro atoms. The third kappa shape index (κ3) is 4.93. The van der Waals surface area contributed by atoms with Gasteiger partial charge in [0.15, 0.2) is 16.3 Å². The average Bonchev–Trinajstić information content (AvgIpc) is 2.70. The van der Waals surface area contributed by atoms with Crippen molar-refractivity contribution in [2.24, 2.45) is 5.41 Å². The highest BCUT2D eigenvalue weighted by molar-refractivity contribution is 6.31. The second-order valence-electron chi connectivity index (χ2n) is 8.63. The summed E-state index contributed by atoms with van der Waals surface area (Å²) in [5, 5.41) is 0.235. The Morgan fingerprint density at radius 2 is 2.03 bits per heavy atom. The quantitative estimate of drug-likeness (QED) is 0.357. The SMILES string of the molecule is CCOC(=O)c1cn2c(cc1=O)-c1nc(Cl)c(OCCCOC)cc1C[C@H]2C(C)(C)C. The fraction of sp³-hybridized carbons (Fsp3) is 0.522. The maximum atomic E-state index is 12.7. The van der Waals surface area contributed by atoms with Crippen LogP contribution in [0, 0.1) is 5.41 Å². The fourth-order valence-electron chi connectivity index (χ4n) is 3.76. The van der Waals surface area contributed by atoms with Crippen molar-refractivity contribution in [1.82, 2.24) is 9.55 Å². The highest BCUT2D eigenvalue weighted by atomic mass is 35.5. The Morgan fingerprint density at radius 1 is 1.29 bits per heavy atom. The third-order valence-electron chi connectivity index (χ3n) is 5.34. The minimum atomic E-state index is -0.618. The molecule has 7 nitrogen and oxygen atoms in total. The number of carbonyl (C=O) groups is 1. The maximum Gasteiger partial charge on any atom is 0.343 e. The predicted octanol–water partition coefficient (Wildman–Crippen LogP) is 4.30. The molecule has 0 aromatic carbocycles. The van der Waals surface area contributed by atoms with Crippen LogP contribution >= 0.6 is 11.6 Å². The molecule has 0 aliphatic carbocycles. The van der Waals surface area contributed by atoms with Crippen molar-refractivity contribution >= 4 is 17.6 Å². The van der Waals surface area contributed by atoms with E-state index in [1.54, 1.807) is 20.2 Å². The van der Waals surface area contributed by atoms with Crippen molar-refractivity contribution in [3.63, 3.8) is 0 Å². The van der Waals surface area contributed by atoms with Gasteiger partial charge in [-0.15, -0.1) is 0 Å². The lowest BCUT2D eigenvalue weighted by atomic mass is 9.80. The molecule has 0 fully saturated rings. The van der Waals surface area contributed by atoms with E-state index in [1.165, 1.54) is 6.07 Å². The van der Waals surface area contributed by atoms with Gasteiger partial charge in [0.25, 0.3) is 0 Å². The number of nitrogens with zero attached hydrogens (tertiary/aromatic N) is 2. The molecule has 0 saturated heterocycles. The summed E-state index contributed by atoms with van der Waals surface area (Å²) in [5.41, 5.74) is 1.69. The van der Waals surface area contributed by atoms with Gasteiger partial charge in [0.05, 0.1) is 24.6 Å². The van der Waals surface area contributed by atoms with Gasteiger partial charge in [-0.25, -0.2) is 9.78 Å². The number of pyridine rings is 2. The number of esters is 1. The van der Waals surface area contributed by atoms with Crippen molar-refractivity contribution in [1.29, 1.82) is 0 Å². The molecule has 1 aliphatic rings. The van der Waals surface area contributed by atoms with Gasteiger partial charge >= 0.3 is 5.97 Å². The maximum absolute atomic E-state index is 12.7. The van der Waals surface area contributed by atoms with Crippen LogP contribution in [-0.4, -0.2) is 42.5 Å². The van der Waals surface area contributed by atoms with E-state index in [1.807, 2.05) is 10.6 Å². The second kappa shape index (κ2) is 9.40. The Kier molecular flexibility index (Phi) is 7.06. The number of methoxy groups -OCH3 is 1. The first kappa shape index (κ1) is 23.3. The molecule has 1 aliphatic heterocycles. The Morgan fingerprint density at radius 3 is 2.68 bits per heavy atom. The number of halogens is 1. The zero-order chi connectivity index (χ0) is 22.8. The van der Waals surface area contributed by atoms with Crippen molar-refractivity contribution in [3.05, 3.63) is 44.8 Å². The molecule has 31 heavy (non-hydrogen) atoms. The minimum absolute atomic E-state index is 0.00639. The second-order valence-corrected chi connectivity index (χ2v) is 8.99. The third-order valence-corrected chi connectivity index (χ3v) is 5.61. The van der Waals surface area contributed by atoms with Gasteiger partial charge in [0.2, 0.25) is 0 Å². The molecule has 2 aromatic rings. The molecule has 168 valence electrons. The number of rotatable bonds is 7. The van der Waals surface area contributed by atoms with E-state index in [9.17, 15) is 9.59 Å². The lowest BCUT2D eigenvalue weighted by Crippen LogP contribution is -2.33. The van der Waals surface area contributed by atoms with E-state index < -0.39 is 11.4 Å². The van der Waals surface area contributed by atoms with Crippen molar-refractivity contribution < 1.29 is 19.0 Å². The molecule has 0 saturated carbocycles. The van der Waals surface area contributed by atoms with Gasteiger partial charge in [0.1, 0.15) is 5.56 Å². The van der Waals surface area contributed by atoms with E-state index in [0.29, 0.717) is 36.8 Å². The van der Waals surface area contributed by atoms with Crippen LogP contribution in [0.4, 0.5) is 0 Å². The molecule has 2 aromatic heterocycles. The molecule has 3 rings (SSSR count). The van der Waals surface area contributed by atoms with Gasteiger partial charge < -0.3 is 18.8 Å². The summed E-state index contributed by atoms with van der Waals surface area (Å²) in [6.07, 6.45) is 3.00. The summed E-state index contributed by atoms with van der Waals surface area (Å²) < 4.78 is 17.9. The average molecular weight is 449 g/mol. The smallest absolute Gasteiger partial charge is 0.343 e. The van der Waals surface area contributed by atoms with Crippen molar-refractivity contribution in [2.45, 2.75) is 46.6 Å². The number of ether oxygens (including phenoxy) is 3. The van der Waals surface area contributed by atoms with Gasteiger partial charge in [-0.05, 0) is 30.4 Å². The first-order valence-electron chi connectivity index (χ1n) is 10.4. The van der Waals surface area contributed by atoms with Crippen LogP contribution in [0.15, 0.2) is 23.1 Å². The molecule has 0 unspecified atom stereocenters. The van der Waals surface area contributed by atoms with Crippen LogP contribution in [-0.2, 0) is 15.9 Å². The monoisotopic (exact) mass is 448 g/mol. The summed E-state index contributed by atoms with van der Waals surface area (Å²) >= 11 is 6.40. The molecule has 0 bridgehead atoms. The summed E-state index contributed by atoms with van der Waals surface area (Å²) in [4.78, 5) is 29.6. The number of aromatic nitrogens is 2. The number of hydrogen-bond acceptors (Lipinski definition) is 6.